The quantitative estimate of drug-likeness (QED) is 0.651. The average molecular weight is 244 g/mol. The summed E-state index contributed by atoms with van der Waals surface area (Å²) in [7, 11) is 4.22. The fourth-order valence-corrected chi connectivity index (χ4v) is 2.36. The summed E-state index contributed by atoms with van der Waals surface area (Å²) < 4.78 is 0. The molecule has 0 heterocycles. The third-order valence-electron chi connectivity index (χ3n) is 3.68. The van der Waals surface area contributed by atoms with Gasteiger partial charge in [-0.3, -0.25) is 0 Å². The van der Waals surface area contributed by atoms with Gasteiger partial charge in [0.25, 0.3) is 0 Å². The largest absolute Gasteiger partial charge is 0.396 e. The Hall–Kier alpha value is -0.120. The second-order valence-electron chi connectivity index (χ2n) is 6.37. The van der Waals surface area contributed by atoms with Crippen molar-refractivity contribution < 1.29 is 5.11 Å². The first-order valence-corrected chi connectivity index (χ1v) is 6.77. The maximum atomic E-state index is 9.50. The van der Waals surface area contributed by atoms with Crippen LogP contribution >= 0.6 is 0 Å². The Labute approximate surface area is 108 Å². The van der Waals surface area contributed by atoms with Gasteiger partial charge in [0.1, 0.15) is 0 Å². The zero-order valence-electron chi connectivity index (χ0n) is 12.6. The SMILES string of the molecule is CCC(CC)(CO)CNCC(C)(C)CN(C)C. The van der Waals surface area contributed by atoms with E-state index in [-0.39, 0.29) is 17.4 Å². The van der Waals surface area contributed by atoms with Crippen molar-refractivity contribution in [2.45, 2.75) is 40.5 Å². The molecule has 0 saturated heterocycles. The highest BCUT2D eigenvalue weighted by Gasteiger charge is 2.26. The Morgan fingerprint density at radius 2 is 1.59 bits per heavy atom. The van der Waals surface area contributed by atoms with Crippen LogP contribution in [-0.2, 0) is 0 Å². The molecule has 0 aliphatic heterocycles. The predicted molar refractivity (Wildman–Crippen MR) is 75.3 cm³/mol. The Kier molecular flexibility index (Phi) is 7.29. The molecule has 0 rings (SSSR count). The smallest absolute Gasteiger partial charge is 0.0499 e. The Bertz CT molecular complexity index is 190. The molecule has 0 aromatic carbocycles. The first kappa shape index (κ1) is 16.9. The topological polar surface area (TPSA) is 35.5 Å². The molecule has 0 amide bonds. The van der Waals surface area contributed by atoms with E-state index in [0.717, 1.165) is 32.5 Å². The lowest BCUT2D eigenvalue weighted by Crippen LogP contribution is -2.43. The lowest BCUT2D eigenvalue weighted by molar-refractivity contribution is 0.107. The number of aliphatic hydroxyl groups is 1. The van der Waals surface area contributed by atoms with Crippen molar-refractivity contribution >= 4 is 0 Å². The van der Waals surface area contributed by atoms with Crippen LogP contribution in [0, 0.1) is 10.8 Å². The van der Waals surface area contributed by atoms with E-state index in [1.165, 1.54) is 0 Å². The van der Waals surface area contributed by atoms with E-state index in [4.69, 9.17) is 0 Å². The second-order valence-corrected chi connectivity index (χ2v) is 6.37. The number of rotatable bonds is 9. The average Bonchev–Trinajstić information content (AvgIpc) is 2.23. The van der Waals surface area contributed by atoms with Crippen molar-refractivity contribution in [3.63, 3.8) is 0 Å². The molecular weight excluding hydrogens is 212 g/mol. The maximum Gasteiger partial charge on any atom is 0.0499 e. The zero-order valence-corrected chi connectivity index (χ0v) is 12.6. The molecule has 3 nitrogen and oxygen atoms in total. The van der Waals surface area contributed by atoms with E-state index in [2.05, 4.69) is 52.0 Å². The summed E-state index contributed by atoms with van der Waals surface area (Å²) in [5, 5.41) is 13.0. The molecule has 0 aromatic rings. The number of hydrogen-bond acceptors (Lipinski definition) is 3. The Balaban J connectivity index is 4.12. The lowest BCUT2D eigenvalue weighted by atomic mass is 9.82. The van der Waals surface area contributed by atoms with Crippen LogP contribution in [0.15, 0.2) is 0 Å². The molecule has 0 fully saturated rings. The normalized spacial score (nSPS) is 13.4. The van der Waals surface area contributed by atoms with Crippen LogP contribution in [0.4, 0.5) is 0 Å². The van der Waals surface area contributed by atoms with Gasteiger partial charge in [-0.05, 0) is 32.4 Å². The van der Waals surface area contributed by atoms with E-state index in [0.29, 0.717) is 0 Å². The van der Waals surface area contributed by atoms with Crippen molar-refractivity contribution in [3.05, 3.63) is 0 Å². The van der Waals surface area contributed by atoms with Crippen molar-refractivity contribution in [2.24, 2.45) is 10.8 Å². The molecule has 0 atom stereocenters. The third-order valence-corrected chi connectivity index (χ3v) is 3.68. The third kappa shape index (κ3) is 6.39. The van der Waals surface area contributed by atoms with Crippen LogP contribution < -0.4 is 5.32 Å². The van der Waals surface area contributed by atoms with Crippen LogP contribution in [0.2, 0.25) is 0 Å². The van der Waals surface area contributed by atoms with Crippen LogP contribution in [0.5, 0.6) is 0 Å². The minimum atomic E-state index is 0.0637. The van der Waals surface area contributed by atoms with E-state index in [1.807, 2.05) is 0 Å². The standard InChI is InChI=1S/C14H32N2O/c1-7-14(8-2,12-17)10-15-9-13(3,4)11-16(5)6/h15,17H,7-12H2,1-6H3. The van der Waals surface area contributed by atoms with Crippen LogP contribution in [0.3, 0.4) is 0 Å². The molecule has 104 valence electrons. The molecule has 0 aliphatic rings. The summed E-state index contributed by atoms with van der Waals surface area (Å²) in [5.41, 5.74) is 0.334. The first-order valence-electron chi connectivity index (χ1n) is 6.77. The minimum Gasteiger partial charge on any atom is -0.396 e. The van der Waals surface area contributed by atoms with Gasteiger partial charge in [-0.1, -0.05) is 27.7 Å². The summed E-state index contributed by atoms with van der Waals surface area (Å²) in [6, 6.07) is 0. The summed E-state index contributed by atoms with van der Waals surface area (Å²) >= 11 is 0. The minimum absolute atomic E-state index is 0.0637. The maximum absolute atomic E-state index is 9.50. The Morgan fingerprint density at radius 3 is 1.94 bits per heavy atom. The molecule has 0 aromatic heterocycles. The summed E-state index contributed by atoms with van der Waals surface area (Å²) in [6.45, 7) is 12.1. The molecule has 3 heteroatoms. The van der Waals surface area contributed by atoms with Gasteiger partial charge in [0.05, 0.1) is 0 Å². The fourth-order valence-electron chi connectivity index (χ4n) is 2.36. The van der Waals surface area contributed by atoms with Gasteiger partial charge in [0.2, 0.25) is 0 Å². The van der Waals surface area contributed by atoms with Gasteiger partial charge in [-0.25, -0.2) is 0 Å². The molecule has 0 aliphatic carbocycles. The fraction of sp³-hybridized carbons (Fsp3) is 1.00. The van der Waals surface area contributed by atoms with Crippen molar-refractivity contribution in [2.75, 3.05) is 40.3 Å². The van der Waals surface area contributed by atoms with Crippen molar-refractivity contribution in [1.29, 1.82) is 0 Å². The number of nitrogens with one attached hydrogen (secondary N) is 1. The van der Waals surface area contributed by atoms with Gasteiger partial charge >= 0.3 is 0 Å². The first-order chi connectivity index (χ1) is 7.81. The summed E-state index contributed by atoms with van der Waals surface area (Å²) in [5.74, 6) is 0. The van der Waals surface area contributed by atoms with E-state index < -0.39 is 0 Å². The van der Waals surface area contributed by atoms with Gasteiger partial charge in [-0.15, -0.1) is 0 Å². The van der Waals surface area contributed by atoms with Gasteiger partial charge < -0.3 is 15.3 Å². The molecule has 2 N–H and O–H groups in total. The Morgan fingerprint density at radius 1 is 1.06 bits per heavy atom. The summed E-state index contributed by atoms with van der Waals surface area (Å²) in [4.78, 5) is 2.22. The molecule has 17 heavy (non-hydrogen) atoms. The molecular formula is C14H32N2O. The molecule has 0 unspecified atom stereocenters. The van der Waals surface area contributed by atoms with Crippen LogP contribution in [-0.4, -0.2) is 50.3 Å². The second kappa shape index (κ2) is 7.34. The highest BCUT2D eigenvalue weighted by atomic mass is 16.3. The van der Waals surface area contributed by atoms with E-state index >= 15 is 0 Å². The van der Waals surface area contributed by atoms with Gasteiger partial charge in [-0.2, -0.15) is 0 Å². The van der Waals surface area contributed by atoms with E-state index in [9.17, 15) is 5.11 Å². The zero-order chi connectivity index (χ0) is 13.5. The molecule has 0 radical (unpaired) electrons. The van der Waals surface area contributed by atoms with Crippen molar-refractivity contribution in [1.82, 2.24) is 10.2 Å². The van der Waals surface area contributed by atoms with Gasteiger partial charge in [0, 0.05) is 31.7 Å². The highest BCUT2D eigenvalue weighted by molar-refractivity contribution is 4.81. The predicted octanol–water partition coefficient (Wildman–Crippen LogP) is 1.96. The molecule has 0 bridgehead atoms. The summed E-state index contributed by atoms with van der Waals surface area (Å²) in [6.07, 6.45) is 2.06. The van der Waals surface area contributed by atoms with Crippen LogP contribution in [0.25, 0.3) is 0 Å². The highest BCUT2D eigenvalue weighted by Crippen LogP contribution is 2.25. The van der Waals surface area contributed by atoms with Gasteiger partial charge in [0.15, 0.2) is 0 Å². The van der Waals surface area contributed by atoms with E-state index in [1.54, 1.807) is 0 Å². The van der Waals surface area contributed by atoms with Crippen molar-refractivity contribution in [3.8, 4) is 0 Å². The lowest BCUT2D eigenvalue weighted by Gasteiger charge is -2.33. The molecule has 0 saturated carbocycles. The van der Waals surface area contributed by atoms with Crippen LogP contribution in [0.1, 0.15) is 40.5 Å². The monoisotopic (exact) mass is 244 g/mol. The number of hydrogen-bond donors (Lipinski definition) is 2. The number of aliphatic hydroxyl groups excluding tert-OH is 1. The molecule has 0 spiro atoms. The number of nitrogens with zero attached hydrogens (tertiary/aromatic N) is 1.